The van der Waals surface area contributed by atoms with Gasteiger partial charge in [0.05, 0.1) is 0 Å². The first-order valence-electron chi connectivity index (χ1n) is 19.9. The maximum Gasteiger partial charge on any atom is 0.118 e. The molecule has 0 amide bonds. The molecule has 7 aromatic rings. The van der Waals surface area contributed by atoms with E-state index in [1.165, 1.54) is 27.8 Å². The first kappa shape index (κ1) is 35.9. The lowest BCUT2D eigenvalue weighted by molar-refractivity contribution is 0.512. The Morgan fingerprint density at radius 2 is 0.789 bits per heavy atom. The van der Waals surface area contributed by atoms with Crippen LogP contribution in [0.4, 0.5) is 0 Å². The molecule has 284 valence electrons. The van der Waals surface area contributed by atoms with Crippen LogP contribution in [-0.2, 0) is 40.7 Å². The maximum atomic E-state index is 7.18. The van der Waals surface area contributed by atoms with Crippen molar-refractivity contribution in [3.63, 3.8) is 0 Å². The first-order valence-corrected chi connectivity index (χ1v) is 19.9. The Labute approximate surface area is 334 Å². The fraction of sp³-hybridized carbons (Fsp3) is 0.216. The van der Waals surface area contributed by atoms with Crippen LogP contribution in [0.3, 0.4) is 0 Å². The van der Waals surface area contributed by atoms with Crippen LogP contribution in [0.25, 0.3) is 44.2 Å². The van der Waals surface area contributed by atoms with Gasteiger partial charge in [0.2, 0.25) is 0 Å². The van der Waals surface area contributed by atoms with E-state index in [9.17, 15) is 0 Å². The maximum absolute atomic E-state index is 7.18. The van der Waals surface area contributed by atoms with E-state index in [0.29, 0.717) is 0 Å². The predicted octanol–water partition coefficient (Wildman–Crippen LogP) is 8.18. The Morgan fingerprint density at radius 1 is 0.368 bits per heavy atom. The van der Waals surface area contributed by atoms with Crippen LogP contribution < -0.4 is 34.4 Å². The summed E-state index contributed by atoms with van der Waals surface area (Å²) in [7, 11) is 0. The van der Waals surface area contributed by atoms with Gasteiger partial charge in [-0.15, -0.1) is 0 Å². The van der Waals surface area contributed by atoms with Crippen molar-refractivity contribution in [2.75, 3.05) is 0 Å². The minimum Gasteiger partial charge on any atom is -0.306 e. The molecule has 7 aromatic carbocycles. The summed E-state index contributed by atoms with van der Waals surface area (Å²) < 4.78 is 0. The fourth-order valence-electron chi connectivity index (χ4n) is 10.3. The molecule has 6 heteroatoms. The summed E-state index contributed by atoms with van der Waals surface area (Å²) >= 11 is 0. The topological polar surface area (TPSA) is 156 Å². The van der Waals surface area contributed by atoms with E-state index >= 15 is 0 Å². The molecule has 0 saturated carbocycles. The number of hydrogen-bond acceptors (Lipinski definition) is 6. The Kier molecular flexibility index (Phi) is 7.44. The third kappa shape index (κ3) is 5.19. The highest BCUT2D eigenvalue weighted by molar-refractivity contribution is 6.03. The summed E-state index contributed by atoms with van der Waals surface area (Å²) in [6, 6.07) is 47.2. The van der Waals surface area contributed by atoms with Gasteiger partial charge in [0.25, 0.3) is 0 Å². The lowest BCUT2D eigenvalue weighted by Gasteiger charge is -2.35. The van der Waals surface area contributed by atoms with Crippen molar-refractivity contribution in [2.45, 2.75) is 68.4 Å². The molecule has 3 aliphatic carbocycles. The number of nitrogens with two attached hydrogens (primary N) is 6. The Hall–Kier alpha value is -5.44. The smallest absolute Gasteiger partial charge is 0.118 e. The van der Waals surface area contributed by atoms with Crippen LogP contribution in [0.1, 0.15) is 83.3 Å². The summed E-state index contributed by atoms with van der Waals surface area (Å²) in [6.07, 6.45) is 1.56. The molecule has 3 aliphatic rings. The van der Waals surface area contributed by atoms with Crippen molar-refractivity contribution in [1.82, 2.24) is 0 Å². The van der Waals surface area contributed by atoms with Crippen molar-refractivity contribution >= 4 is 10.8 Å². The van der Waals surface area contributed by atoms with E-state index in [1.807, 2.05) is 36.4 Å². The van der Waals surface area contributed by atoms with Crippen LogP contribution in [-0.4, -0.2) is 0 Å². The van der Waals surface area contributed by atoms with E-state index in [1.54, 1.807) is 0 Å². The zero-order valence-corrected chi connectivity index (χ0v) is 33.1. The second-order valence-corrected chi connectivity index (χ2v) is 18.3. The predicted molar refractivity (Wildman–Crippen MR) is 234 cm³/mol. The Bertz CT molecular complexity index is 2840. The molecule has 10 rings (SSSR count). The molecule has 0 atom stereocenters. The molecule has 12 N–H and O–H groups in total. The van der Waals surface area contributed by atoms with Gasteiger partial charge >= 0.3 is 0 Å². The summed E-state index contributed by atoms with van der Waals surface area (Å²) in [5.74, 6) is 0. The molecule has 0 aromatic heterocycles. The lowest BCUT2D eigenvalue weighted by atomic mass is 9.74. The standard InChI is InChI=1S/C51H50N6/c1-47(2,27-29-16-19-36-34-11-5-7-14-40(34)49(52,53)42(36)23-29)32-17-20-37-38-21-18-33(26-44(38)51(56,57)43(37)25-32)48(3,4)28-30-22-31-10-9-13-39-35-12-6-8-15-41(35)50(54,55)45(24-30)46(31)39/h5-26H,27-28,52-57H2,1-4H3. The van der Waals surface area contributed by atoms with Crippen LogP contribution in [0.2, 0.25) is 0 Å². The minimum absolute atomic E-state index is 0.231. The summed E-state index contributed by atoms with van der Waals surface area (Å²) in [4.78, 5) is 0. The highest BCUT2D eigenvalue weighted by Crippen LogP contribution is 2.49. The quantitative estimate of drug-likeness (QED) is 0.0943. The lowest BCUT2D eigenvalue weighted by Crippen LogP contribution is -2.48. The highest BCUT2D eigenvalue weighted by Gasteiger charge is 2.41. The molecule has 0 saturated heterocycles. The van der Waals surface area contributed by atoms with Gasteiger partial charge in [-0.1, -0.05) is 161 Å². The zero-order chi connectivity index (χ0) is 39.9. The molecule has 0 radical (unpaired) electrons. The van der Waals surface area contributed by atoms with Crippen molar-refractivity contribution in [2.24, 2.45) is 34.4 Å². The van der Waals surface area contributed by atoms with Crippen molar-refractivity contribution in [3.05, 3.63) is 189 Å². The Morgan fingerprint density at radius 3 is 1.39 bits per heavy atom. The number of fused-ring (bicyclic) bond motifs is 8. The van der Waals surface area contributed by atoms with Gasteiger partial charge in [0, 0.05) is 0 Å². The minimum atomic E-state index is -1.16. The van der Waals surface area contributed by atoms with Gasteiger partial charge in [0.1, 0.15) is 17.0 Å². The molecule has 0 heterocycles. The van der Waals surface area contributed by atoms with E-state index in [2.05, 4.69) is 125 Å². The third-order valence-electron chi connectivity index (χ3n) is 13.4. The first-order chi connectivity index (χ1) is 27.0. The molecular weight excluding hydrogens is 697 g/mol. The van der Waals surface area contributed by atoms with Crippen LogP contribution in [0.15, 0.2) is 133 Å². The third-order valence-corrected chi connectivity index (χ3v) is 13.4. The molecule has 0 aliphatic heterocycles. The molecule has 0 spiro atoms. The highest BCUT2D eigenvalue weighted by atomic mass is 15.0. The van der Waals surface area contributed by atoms with E-state index in [-0.39, 0.29) is 10.8 Å². The Balaban J connectivity index is 0.947. The van der Waals surface area contributed by atoms with Crippen molar-refractivity contribution < 1.29 is 0 Å². The van der Waals surface area contributed by atoms with Gasteiger partial charge in [-0.3, -0.25) is 0 Å². The van der Waals surface area contributed by atoms with E-state index in [0.717, 1.165) is 84.8 Å². The SMILES string of the molecule is CC(C)(Cc1ccc2c(c1)C(N)(N)c1ccccc1-2)c1ccc2c(c1)C(N)(N)c1cc(C(C)(C)Cc3cc4c5c(cccc5c3)-c3ccccc3C4(N)N)ccc1-2. The number of benzene rings is 7. The molecule has 0 unspecified atom stereocenters. The summed E-state index contributed by atoms with van der Waals surface area (Å²) in [5, 5.41) is 2.27. The van der Waals surface area contributed by atoms with E-state index in [4.69, 9.17) is 34.4 Å². The zero-order valence-electron chi connectivity index (χ0n) is 33.1. The van der Waals surface area contributed by atoms with Crippen LogP contribution >= 0.6 is 0 Å². The van der Waals surface area contributed by atoms with Crippen molar-refractivity contribution in [1.29, 1.82) is 0 Å². The average Bonchev–Trinajstić information content (AvgIpc) is 3.55. The van der Waals surface area contributed by atoms with Crippen molar-refractivity contribution in [3.8, 4) is 33.4 Å². The van der Waals surface area contributed by atoms with Gasteiger partial charge < -0.3 is 34.4 Å². The largest absolute Gasteiger partial charge is 0.306 e. The fourth-order valence-corrected chi connectivity index (χ4v) is 10.3. The molecular formula is C51H50N6. The van der Waals surface area contributed by atoms with Gasteiger partial charge in [-0.2, -0.15) is 0 Å². The van der Waals surface area contributed by atoms with E-state index < -0.39 is 17.0 Å². The van der Waals surface area contributed by atoms with Gasteiger partial charge in [-0.25, -0.2) is 0 Å². The molecule has 0 bridgehead atoms. The monoisotopic (exact) mass is 746 g/mol. The van der Waals surface area contributed by atoms with Gasteiger partial charge in [-0.05, 0) is 123 Å². The molecule has 6 nitrogen and oxygen atoms in total. The van der Waals surface area contributed by atoms with Crippen LogP contribution in [0, 0.1) is 0 Å². The normalized spacial score (nSPS) is 16.5. The molecule has 0 fully saturated rings. The summed E-state index contributed by atoms with van der Waals surface area (Å²) in [6.45, 7) is 9.10. The molecule has 57 heavy (non-hydrogen) atoms. The summed E-state index contributed by atoms with van der Waals surface area (Å²) in [5.41, 5.74) is 55.1. The van der Waals surface area contributed by atoms with Gasteiger partial charge in [0.15, 0.2) is 0 Å². The number of hydrogen-bond donors (Lipinski definition) is 6. The van der Waals surface area contributed by atoms with Crippen LogP contribution in [0.5, 0.6) is 0 Å². The number of rotatable bonds is 6. The second-order valence-electron chi connectivity index (χ2n) is 18.3. The average molecular weight is 747 g/mol. The second kappa shape index (κ2) is 11.8.